The smallest absolute Gasteiger partial charge is 0.0954 e. The summed E-state index contributed by atoms with van der Waals surface area (Å²) < 4.78 is 0. The Labute approximate surface area is 111 Å². The Bertz CT molecular complexity index is 424. The number of hydrogen-bond donors (Lipinski definition) is 2. The van der Waals surface area contributed by atoms with Gasteiger partial charge in [0.15, 0.2) is 0 Å². The maximum Gasteiger partial charge on any atom is 0.0954 e. The van der Waals surface area contributed by atoms with Crippen molar-refractivity contribution in [3.63, 3.8) is 0 Å². The van der Waals surface area contributed by atoms with Gasteiger partial charge < -0.3 is 5.32 Å². The third kappa shape index (κ3) is 4.11. The zero-order valence-electron chi connectivity index (χ0n) is 9.93. The van der Waals surface area contributed by atoms with Crippen LogP contribution in [0.3, 0.4) is 0 Å². The van der Waals surface area contributed by atoms with Crippen LogP contribution >= 0.6 is 23.7 Å². The first kappa shape index (κ1) is 14.2. The molecule has 2 N–H and O–H groups in total. The number of aromatic nitrogens is 3. The van der Waals surface area contributed by atoms with Crippen LogP contribution in [0.15, 0.2) is 17.6 Å². The van der Waals surface area contributed by atoms with E-state index in [0.29, 0.717) is 5.92 Å². The van der Waals surface area contributed by atoms with Gasteiger partial charge >= 0.3 is 0 Å². The molecule has 0 aromatic carbocycles. The number of aromatic amines is 1. The lowest BCUT2D eigenvalue weighted by Gasteiger charge is -2.00. The molecule has 0 fully saturated rings. The first-order chi connectivity index (χ1) is 7.75. The molecule has 0 radical (unpaired) electrons. The van der Waals surface area contributed by atoms with Gasteiger partial charge in [0.05, 0.1) is 10.7 Å². The maximum absolute atomic E-state index is 4.56. The van der Waals surface area contributed by atoms with Crippen LogP contribution in [0.2, 0.25) is 0 Å². The Hall–Kier alpha value is -0.910. The highest BCUT2D eigenvalue weighted by atomic mass is 35.5. The lowest BCUT2D eigenvalue weighted by molar-refractivity contribution is 0.664. The molecule has 0 spiro atoms. The lowest BCUT2D eigenvalue weighted by Crippen LogP contribution is -2.13. The molecule has 0 saturated carbocycles. The van der Waals surface area contributed by atoms with Crippen molar-refractivity contribution in [3.05, 3.63) is 34.0 Å². The Morgan fingerprint density at radius 1 is 1.41 bits per heavy atom. The number of rotatable bonds is 5. The minimum absolute atomic E-state index is 0. The van der Waals surface area contributed by atoms with Gasteiger partial charge in [-0.2, -0.15) is 5.10 Å². The number of hydrogen-bond acceptors (Lipinski definition) is 4. The summed E-state index contributed by atoms with van der Waals surface area (Å²) in [5.41, 5.74) is 2.22. The number of halogens is 1. The van der Waals surface area contributed by atoms with Crippen LogP contribution in [0, 0.1) is 0 Å². The molecule has 0 aliphatic carbocycles. The predicted molar refractivity (Wildman–Crippen MR) is 72.6 cm³/mol. The fraction of sp³-hybridized carbons (Fsp3) is 0.455. The summed E-state index contributed by atoms with van der Waals surface area (Å²) in [4.78, 5) is 4.56. The summed E-state index contributed by atoms with van der Waals surface area (Å²) in [7, 11) is 0. The second kappa shape index (κ2) is 6.74. The largest absolute Gasteiger partial charge is 0.305 e. The quantitative estimate of drug-likeness (QED) is 0.880. The van der Waals surface area contributed by atoms with Gasteiger partial charge in [0.2, 0.25) is 0 Å². The number of nitrogens with one attached hydrogen (secondary N) is 2. The van der Waals surface area contributed by atoms with Crippen LogP contribution in [-0.4, -0.2) is 15.2 Å². The Morgan fingerprint density at radius 2 is 2.24 bits per heavy atom. The molecule has 2 heterocycles. The molecule has 0 saturated heterocycles. The van der Waals surface area contributed by atoms with E-state index < -0.39 is 0 Å². The lowest BCUT2D eigenvalue weighted by atomic mass is 10.2. The van der Waals surface area contributed by atoms with Gasteiger partial charge in [-0.3, -0.25) is 5.10 Å². The molecular weight excluding hydrogens is 256 g/mol. The molecule has 0 aliphatic heterocycles. The highest BCUT2D eigenvalue weighted by molar-refractivity contribution is 7.09. The van der Waals surface area contributed by atoms with E-state index in [1.54, 1.807) is 17.5 Å². The fourth-order valence-corrected chi connectivity index (χ4v) is 2.21. The average Bonchev–Trinajstić information content (AvgIpc) is 2.87. The third-order valence-corrected chi connectivity index (χ3v) is 3.44. The van der Waals surface area contributed by atoms with Crippen molar-refractivity contribution in [1.82, 2.24) is 20.5 Å². The summed E-state index contributed by atoms with van der Waals surface area (Å²) in [6.07, 6.45) is 1.76. The Balaban J connectivity index is 0.00000144. The summed E-state index contributed by atoms with van der Waals surface area (Å²) in [6.45, 7) is 5.94. The van der Waals surface area contributed by atoms with Crippen LogP contribution in [0.5, 0.6) is 0 Å². The van der Waals surface area contributed by atoms with Crippen molar-refractivity contribution in [2.75, 3.05) is 0 Å². The van der Waals surface area contributed by atoms with E-state index in [-0.39, 0.29) is 12.4 Å². The van der Waals surface area contributed by atoms with Crippen LogP contribution in [0.4, 0.5) is 0 Å². The Morgan fingerprint density at radius 3 is 2.82 bits per heavy atom. The van der Waals surface area contributed by atoms with E-state index in [9.17, 15) is 0 Å². The standard InChI is InChI=1S/C11H16N4S.ClH/c1-8(2)11-14-10(7-16-11)6-12-5-9-3-4-13-15-9;/h3-4,7-8,12H,5-6H2,1-2H3,(H,13,15);1H. The van der Waals surface area contributed by atoms with Gasteiger partial charge in [-0.15, -0.1) is 23.7 Å². The van der Waals surface area contributed by atoms with Crippen molar-refractivity contribution < 1.29 is 0 Å². The van der Waals surface area contributed by atoms with Crippen molar-refractivity contribution in [1.29, 1.82) is 0 Å². The molecule has 0 amide bonds. The molecule has 2 aromatic rings. The van der Waals surface area contributed by atoms with Crippen LogP contribution in [0.1, 0.15) is 36.2 Å². The molecule has 94 valence electrons. The summed E-state index contributed by atoms with van der Waals surface area (Å²) >= 11 is 1.73. The molecule has 0 aliphatic rings. The van der Waals surface area contributed by atoms with Gasteiger partial charge in [0.25, 0.3) is 0 Å². The maximum atomic E-state index is 4.56. The van der Waals surface area contributed by atoms with E-state index in [4.69, 9.17) is 0 Å². The molecule has 0 atom stereocenters. The van der Waals surface area contributed by atoms with E-state index >= 15 is 0 Å². The molecule has 17 heavy (non-hydrogen) atoms. The van der Waals surface area contributed by atoms with Gasteiger partial charge in [-0.1, -0.05) is 13.8 Å². The average molecular weight is 273 g/mol. The number of nitrogens with zero attached hydrogens (tertiary/aromatic N) is 2. The summed E-state index contributed by atoms with van der Waals surface area (Å²) in [5.74, 6) is 0.520. The van der Waals surface area contributed by atoms with E-state index in [2.05, 4.69) is 39.7 Å². The predicted octanol–water partition coefficient (Wildman–Crippen LogP) is 2.70. The van der Waals surface area contributed by atoms with Gasteiger partial charge in [-0.25, -0.2) is 4.98 Å². The van der Waals surface area contributed by atoms with E-state index in [1.165, 1.54) is 5.01 Å². The molecule has 0 bridgehead atoms. The highest BCUT2D eigenvalue weighted by Gasteiger charge is 2.05. The second-order valence-corrected chi connectivity index (χ2v) is 4.91. The molecular formula is C11H17ClN4S. The first-order valence-corrected chi connectivity index (χ1v) is 6.27. The SMILES string of the molecule is CC(C)c1nc(CNCc2ccn[nH]2)cs1.Cl. The summed E-state index contributed by atoms with van der Waals surface area (Å²) in [6, 6.07) is 1.97. The molecule has 4 nitrogen and oxygen atoms in total. The topological polar surface area (TPSA) is 53.6 Å². The van der Waals surface area contributed by atoms with Crippen molar-refractivity contribution in [3.8, 4) is 0 Å². The number of thiazole rings is 1. The Kier molecular flexibility index (Phi) is 5.61. The number of H-pyrrole nitrogens is 1. The molecule has 6 heteroatoms. The normalized spacial score (nSPS) is 10.5. The highest BCUT2D eigenvalue weighted by Crippen LogP contribution is 2.18. The molecule has 2 aromatic heterocycles. The van der Waals surface area contributed by atoms with Gasteiger partial charge in [0, 0.05) is 36.3 Å². The second-order valence-electron chi connectivity index (χ2n) is 4.02. The minimum atomic E-state index is 0. The zero-order valence-corrected chi connectivity index (χ0v) is 11.6. The third-order valence-electron chi connectivity index (χ3n) is 2.24. The van der Waals surface area contributed by atoms with Gasteiger partial charge in [-0.05, 0) is 6.07 Å². The van der Waals surface area contributed by atoms with Crippen LogP contribution < -0.4 is 5.32 Å². The van der Waals surface area contributed by atoms with Crippen LogP contribution in [0.25, 0.3) is 0 Å². The fourth-order valence-electron chi connectivity index (χ4n) is 1.38. The van der Waals surface area contributed by atoms with E-state index in [1.807, 2.05) is 6.07 Å². The van der Waals surface area contributed by atoms with Crippen molar-refractivity contribution >= 4 is 23.7 Å². The minimum Gasteiger partial charge on any atom is -0.305 e. The molecule has 0 unspecified atom stereocenters. The first-order valence-electron chi connectivity index (χ1n) is 5.39. The zero-order chi connectivity index (χ0) is 11.4. The monoisotopic (exact) mass is 272 g/mol. The molecule has 2 rings (SSSR count). The van der Waals surface area contributed by atoms with E-state index in [0.717, 1.165) is 24.5 Å². The van der Waals surface area contributed by atoms with Crippen LogP contribution in [-0.2, 0) is 13.1 Å². The van der Waals surface area contributed by atoms with Crippen molar-refractivity contribution in [2.45, 2.75) is 32.9 Å². The van der Waals surface area contributed by atoms with Gasteiger partial charge in [0.1, 0.15) is 0 Å². The summed E-state index contributed by atoms with van der Waals surface area (Å²) in [5, 5.41) is 13.5. The van der Waals surface area contributed by atoms with Crippen molar-refractivity contribution in [2.24, 2.45) is 0 Å².